The van der Waals surface area contributed by atoms with Crippen LogP contribution in [0.15, 0.2) is 53.5 Å². The number of para-hydroxylation sites is 2. The maximum atomic E-state index is 13.2. The second-order valence-electron chi connectivity index (χ2n) is 6.73. The highest BCUT2D eigenvalue weighted by Crippen LogP contribution is 2.30. The first kappa shape index (κ1) is 20.4. The van der Waals surface area contributed by atoms with Gasteiger partial charge in [0.15, 0.2) is 5.96 Å². The third-order valence-electron chi connectivity index (χ3n) is 4.70. The average molecular weight is 399 g/mol. The van der Waals surface area contributed by atoms with Crippen LogP contribution in [-0.4, -0.2) is 51.7 Å². The molecule has 2 aromatic carbocycles. The van der Waals surface area contributed by atoms with E-state index in [2.05, 4.69) is 25.8 Å². The zero-order chi connectivity index (χ0) is 20.6. The van der Waals surface area contributed by atoms with Crippen molar-refractivity contribution in [1.29, 1.82) is 0 Å². The van der Waals surface area contributed by atoms with Gasteiger partial charge >= 0.3 is 0 Å². The van der Waals surface area contributed by atoms with Gasteiger partial charge in [0.2, 0.25) is 5.91 Å². The Hall–Kier alpha value is -3.29. The lowest BCUT2D eigenvalue weighted by Gasteiger charge is -2.22. The van der Waals surface area contributed by atoms with E-state index in [1.165, 1.54) is 12.1 Å². The molecule has 0 bridgehead atoms. The summed E-state index contributed by atoms with van der Waals surface area (Å²) in [5.74, 6) is 0.727. The zero-order valence-corrected chi connectivity index (χ0v) is 16.6. The van der Waals surface area contributed by atoms with Gasteiger partial charge in [-0.05, 0) is 36.8 Å². The number of ether oxygens (including phenoxy) is 1. The summed E-state index contributed by atoms with van der Waals surface area (Å²) in [6.45, 7) is 1.73. The van der Waals surface area contributed by atoms with Crippen molar-refractivity contribution in [3.8, 4) is 5.75 Å². The van der Waals surface area contributed by atoms with Crippen LogP contribution in [0.25, 0.3) is 0 Å². The molecule has 1 aliphatic rings. The predicted octanol–water partition coefficient (Wildman–Crippen LogP) is 2.22. The van der Waals surface area contributed by atoms with E-state index >= 15 is 0 Å². The van der Waals surface area contributed by atoms with Crippen LogP contribution in [0.2, 0.25) is 0 Å². The van der Waals surface area contributed by atoms with Gasteiger partial charge in [-0.15, -0.1) is 0 Å². The maximum absolute atomic E-state index is 13.2. The lowest BCUT2D eigenvalue weighted by molar-refractivity contribution is -0.115. The summed E-state index contributed by atoms with van der Waals surface area (Å²) in [7, 11) is 3.33. The number of hydrogen-bond donors (Lipinski definition) is 3. The minimum Gasteiger partial charge on any atom is -0.495 e. The Bertz CT molecular complexity index is 874. The van der Waals surface area contributed by atoms with Gasteiger partial charge < -0.3 is 25.6 Å². The molecule has 1 atom stereocenters. The lowest BCUT2D eigenvalue weighted by Crippen LogP contribution is -2.46. The Morgan fingerprint density at radius 2 is 2.10 bits per heavy atom. The van der Waals surface area contributed by atoms with E-state index in [0.29, 0.717) is 11.6 Å². The number of guanidine groups is 1. The van der Waals surface area contributed by atoms with E-state index < -0.39 is 5.82 Å². The Morgan fingerprint density at radius 3 is 2.86 bits per heavy atom. The first-order valence-electron chi connectivity index (χ1n) is 9.49. The molecule has 1 amide bonds. The monoisotopic (exact) mass is 399 g/mol. The summed E-state index contributed by atoms with van der Waals surface area (Å²) in [5, 5.41) is 9.00. The SMILES string of the molecule is CN=C(NCC(=O)Nc1cccc(F)c1)NC1CCN(c2ccccc2OC)C1. The minimum absolute atomic E-state index is 0.0269. The van der Waals surface area contributed by atoms with Crippen molar-refractivity contribution in [3.63, 3.8) is 0 Å². The van der Waals surface area contributed by atoms with Crippen molar-refractivity contribution in [1.82, 2.24) is 10.6 Å². The fourth-order valence-corrected chi connectivity index (χ4v) is 3.31. The van der Waals surface area contributed by atoms with Crippen LogP contribution in [0.5, 0.6) is 5.75 Å². The average Bonchev–Trinajstić information content (AvgIpc) is 3.19. The van der Waals surface area contributed by atoms with Crippen molar-refractivity contribution in [2.45, 2.75) is 12.5 Å². The van der Waals surface area contributed by atoms with Crippen LogP contribution in [-0.2, 0) is 4.79 Å². The van der Waals surface area contributed by atoms with Crippen LogP contribution in [0.4, 0.5) is 15.8 Å². The highest BCUT2D eigenvalue weighted by atomic mass is 19.1. The molecule has 154 valence electrons. The number of methoxy groups -OCH3 is 1. The fourth-order valence-electron chi connectivity index (χ4n) is 3.31. The number of aliphatic imine (C=N–C) groups is 1. The Kier molecular flexibility index (Phi) is 6.89. The number of carbonyl (C=O) groups excluding carboxylic acids is 1. The normalized spacial score (nSPS) is 16.4. The first-order valence-corrected chi connectivity index (χ1v) is 9.49. The summed E-state index contributed by atoms with van der Waals surface area (Å²) in [5.41, 5.74) is 1.49. The molecule has 0 radical (unpaired) electrons. The zero-order valence-electron chi connectivity index (χ0n) is 16.6. The third kappa shape index (κ3) is 5.60. The molecule has 7 nitrogen and oxygen atoms in total. The highest BCUT2D eigenvalue weighted by Gasteiger charge is 2.25. The number of carbonyl (C=O) groups is 1. The number of halogens is 1. The number of anilines is 2. The van der Waals surface area contributed by atoms with Crippen LogP contribution in [0.3, 0.4) is 0 Å². The van der Waals surface area contributed by atoms with E-state index in [4.69, 9.17) is 4.74 Å². The van der Waals surface area contributed by atoms with Crippen molar-refractivity contribution in [3.05, 3.63) is 54.3 Å². The van der Waals surface area contributed by atoms with E-state index in [9.17, 15) is 9.18 Å². The summed E-state index contributed by atoms with van der Waals surface area (Å²) in [4.78, 5) is 18.5. The molecule has 3 N–H and O–H groups in total. The van der Waals surface area contributed by atoms with E-state index in [1.54, 1.807) is 26.3 Å². The third-order valence-corrected chi connectivity index (χ3v) is 4.70. The highest BCUT2D eigenvalue weighted by molar-refractivity contribution is 5.95. The number of hydrogen-bond acceptors (Lipinski definition) is 4. The largest absolute Gasteiger partial charge is 0.495 e. The molecule has 29 heavy (non-hydrogen) atoms. The van der Waals surface area contributed by atoms with Crippen molar-refractivity contribution in [2.75, 3.05) is 44.0 Å². The number of nitrogens with one attached hydrogen (secondary N) is 3. The summed E-state index contributed by atoms with van der Waals surface area (Å²) < 4.78 is 18.7. The Labute approximate surface area is 170 Å². The quantitative estimate of drug-likeness (QED) is 0.513. The summed E-state index contributed by atoms with van der Waals surface area (Å²) in [6.07, 6.45) is 0.939. The molecular weight excluding hydrogens is 373 g/mol. The van der Waals surface area contributed by atoms with E-state index in [0.717, 1.165) is 30.9 Å². The summed E-state index contributed by atoms with van der Waals surface area (Å²) in [6, 6.07) is 13.9. The van der Waals surface area contributed by atoms with Gasteiger partial charge in [0.05, 0.1) is 19.3 Å². The second kappa shape index (κ2) is 9.77. The van der Waals surface area contributed by atoms with Crippen LogP contribution < -0.4 is 25.6 Å². The molecule has 1 heterocycles. The maximum Gasteiger partial charge on any atom is 0.243 e. The smallest absolute Gasteiger partial charge is 0.243 e. The molecule has 1 aliphatic heterocycles. The molecule has 1 unspecified atom stereocenters. The van der Waals surface area contributed by atoms with Crippen LogP contribution in [0, 0.1) is 5.82 Å². The van der Waals surface area contributed by atoms with Crippen LogP contribution >= 0.6 is 0 Å². The molecule has 8 heteroatoms. The van der Waals surface area contributed by atoms with Gasteiger partial charge in [0, 0.05) is 31.9 Å². The first-order chi connectivity index (χ1) is 14.1. The van der Waals surface area contributed by atoms with Gasteiger partial charge in [0.25, 0.3) is 0 Å². The molecule has 0 aliphatic carbocycles. The molecule has 0 aromatic heterocycles. The fraction of sp³-hybridized carbons (Fsp3) is 0.333. The van der Waals surface area contributed by atoms with Crippen molar-refractivity contribution in [2.24, 2.45) is 4.99 Å². The number of rotatable bonds is 6. The predicted molar refractivity (Wildman–Crippen MR) is 113 cm³/mol. The van der Waals surface area contributed by atoms with Crippen molar-refractivity contribution < 1.29 is 13.9 Å². The molecule has 3 rings (SSSR count). The standard InChI is InChI=1S/C21H26FN5O2/c1-23-21(24-13-20(28)25-16-7-5-6-15(22)12-16)26-17-10-11-27(14-17)18-8-3-4-9-19(18)29-2/h3-9,12,17H,10-11,13-14H2,1-2H3,(H,25,28)(H2,23,24,26). The molecule has 1 saturated heterocycles. The van der Waals surface area contributed by atoms with Gasteiger partial charge in [-0.2, -0.15) is 0 Å². The van der Waals surface area contributed by atoms with Crippen LogP contribution in [0.1, 0.15) is 6.42 Å². The second-order valence-corrected chi connectivity index (χ2v) is 6.73. The number of amides is 1. The van der Waals surface area contributed by atoms with Crippen molar-refractivity contribution >= 4 is 23.2 Å². The van der Waals surface area contributed by atoms with Gasteiger partial charge in [-0.1, -0.05) is 18.2 Å². The molecular formula is C21H26FN5O2. The minimum atomic E-state index is -0.394. The lowest BCUT2D eigenvalue weighted by atomic mass is 10.2. The number of benzene rings is 2. The van der Waals surface area contributed by atoms with E-state index in [-0.39, 0.29) is 18.5 Å². The topological polar surface area (TPSA) is 78.0 Å². The molecule has 2 aromatic rings. The Morgan fingerprint density at radius 1 is 1.28 bits per heavy atom. The summed E-state index contributed by atoms with van der Waals surface area (Å²) >= 11 is 0. The van der Waals surface area contributed by atoms with Gasteiger partial charge in [-0.3, -0.25) is 9.79 Å². The number of nitrogens with zero attached hydrogens (tertiary/aromatic N) is 2. The van der Waals surface area contributed by atoms with E-state index in [1.807, 2.05) is 24.3 Å². The molecule has 0 spiro atoms. The molecule has 1 fully saturated rings. The molecule has 0 saturated carbocycles. The Balaban J connectivity index is 1.48. The van der Waals surface area contributed by atoms with Gasteiger partial charge in [0.1, 0.15) is 11.6 Å². The van der Waals surface area contributed by atoms with Gasteiger partial charge in [-0.25, -0.2) is 4.39 Å².